The van der Waals surface area contributed by atoms with Crippen LogP contribution in [0.4, 0.5) is 0 Å². The highest BCUT2D eigenvalue weighted by Gasteiger charge is 2.27. The molecule has 0 aliphatic heterocycles. The van der Waals surface area contributed by atoms with Crippen LogP contribution in [0.5, 0.6) is 0 Å². The van der Waals surface area contributed by atoms with Crippen LogP contribution in [-0.4, -0.2) is 61.8 Å². The van der Waals surface area contributed by atoms with Gasteiger partial charge in [0.2, 0.25) is 5.91 Å². The first-order valence-electron chi connectivity index (χ1n) is 11.0. The number of carbonyl (C=O) groups excluding carboxylic acids is 1. The van der Waals surface area contributed by atoms with E-state index in [2.05, 4.69) is 10.3 Å². The van der Waals surface area contributed by atoms with Crippen LogP contribution in [0.15, 0.2) is 54.6 Å². The molecule has 0 spiro atoms. The maximum Gasteiger partial charge on any atom is 0.238 e. The standard InChI is InChI=1S/C24H31N3O4S2/c1-27(2)20(17-33(30,31)16-18-10-4-3-5-11-18)23(29)25-15-9-8-13-21(28)24-26-19-12-6-7-14-22(19)32-24/h3-7,10-12,14,20-21,28H,8-9,13,15-17H2,1-2H3,(H,25,29)/t20-,21?/m0/s1. The van der Waals surface area contributed by atoms with E-state index in [4.69, 9.17) is 0 Å². The summed E-state index contributed by atoms with van der Waals surface area (Å²) in [6.07, 6.45) is 1.33. The summed E-state index contributed by atoms with van der Waals surface area (Å²) in [5, 5.41) is 14.0. The number of aromatic nitrogens is 1. The fraction of sp³-hybridized carbons (Fsp3) is 0.417. The molecule has 33 heavy (non-hydrogen) atoms. The van der Waals surface area contributed by atoms with Gasteiger partial charge < -0.3 is 10.4 Å². The zero-order valence-electron chi connectivity index (χ0n) is 19.0. The molecule has 0 radical (unpaired) electrons. The van der Waals surface area contributed by atoms with Crippen LogP contribution >= 0.6 is 11.3 Å². The van der Waals surface area contributed by atoms with Crippen LogP contribution in [0.3, 0.4) is 0 Å². The highest BCUT2D eigenvalue weighted by Crippen LogP contribution is 2.28. The third-order valence-corrected chi connectivity index (χ3v) is 8.10. The van der Waals surface area contributed by atoms with Gasteiger partial charge in [0, 0.05) is 6.54 Å². The average Bonchev–Trinajstić information content (AvgIpc) is 3.22. The Morgan fingerprint density at radius 1 is 1.09 bits per heavy atom. The first kappa shape index (κ1) is 25.3. The average molecular weight is 490 g/mol. The van der Waals surface area contributed by atoms with Gasteiger partial charge in [-0.15, -0.1) is 11.3 Å². The number of benzene rings is 2. The topological polar surface area (TPSA) is 99.6 Å². The summed E-state index contributed by atoms with van der Waals surface area (Å²) in [6, 6.07) is 16.0. The number of likely N-dealkylation sites (N-methyl/N-ethyl adjacent to an activating group) is 1. The van der Waals surface area contributed by atoms with Crippen LogP contribution in [0.25, 0.3) is 10.2 Å². The van der Waals surface area contributed by atoms with Gasteiger partial charge in [0.25, 0.3) is 0 Å². The fourth-order valence-corrected chi connectivity index (χ4v) is 6.27. The van der Waals surface area contributed by atoms with Crippen molar-refractivity contribution in [1.82, 2.24) is 15.2 Å². The first-order chi connectivity index (χ1) is 15.7. The lowest BCUT2D eigenvalue weighted by atomic mass is 10.1. The summed E-state index contributed by atoms with van der Waals surface area (Å²) in [6.45, 7) is 0.425. The fourth-order valence-electron chi connectivity index (χ4n) is 3.54. The molecule has 0 aliphatic carbocycles. The number of hydrogen-bond donors (Lipinski definition) is 2. The minimum Gasteiger partial charge on any atom is -0.386 e. The summed E-state index contributed by atoms with van der Waals surface area (Å²) in [5.74, 6) is -0.630. The van der Waals surface area contributed by atoms with Crippen molar-refractivity contribution in [3.8, 4) is 0 Å². The van der Waals surface area contributed by atoms with Gasteiger partial charge in [0.1, 0.15) is 17.2 Å². The molecule has 1 aromatic heterocycles. The minimum atomic E-state index is -3.45. The molecule has 9 heteroatoms. The monoisotopic (exact) mass is 489 g/mol. The zero-order valence-corrected chi connectivity index (χ0v) is 20.6. The Balaban J connectivity index is 1.43. The second-order valence-corrected chi connectivity index (χ2v) is 11.5. The highest BCUT2D eigenvalue weighted by molar-refractivity contribution is 7.90. The lowest BCUT2D eigenvalue weighted by Gasteiger charge is -2.23. The summed E-state index contributed by atoms with van der Waals surface area (Å²) in [7, 11) is -0.0436. The van der Waals surface area contributed by atoms with Crippen LogP contribution in [0.1, 0.15) is 35.9 Å². The number of thiazole rings is 1. The smallest absolute Gasteiger partial charge is 0.238 e. The summed E-state index contributed by atoms with van der Waals surface area (Å²) >= 11 is 1.49. The number of nitrogens with zero attached hydrogens (tertiary/aromatic N) is 2. The third kappa shape index (κ3) is 7.60. The molecule has 178 valence electrons. The van der Waals surface area contributed by atoms with Gasteiger partial charge in [-0.2, -0.15) is 0 Å². The third-order valence-electron chi connectivity index (χ3n) is 5.37. The van der Waals surface area contributed by atoms with Crippen LogP contribution in [-0.2, 0) is 20.4 Å². The van der Waals surface area contributed by atoms with Gasteiger partial charge >= 0.3 is 0 Å². The normalized spacial score (nSPS) is 13.8. The highest BCUT2D eigenvalue weighted by atomic mass is 32.2. The SMILES string of the molecule is CN(C)[C@@H](CS(=O)(=O)Cc1ccccc1)C(=O)NCCCCC(O)c1nc2ccccc2s1. The number of para-hydroxylation sites is 1. The molecule has 3 aromatic rings. The predicted molar refractivity (Wildman–Crippen MR) is 133 cm³/mol. The Kier molecular flexibility index (Phi) is 8.96. The maximum atomic E-state index is 12.7. The van der Waals surface area contributed by atoms with E-state index in [0.29, 0.717) is 30.0 Å². The molecular weight excluding hydrogens is 458 g/mol. The number of fused-ring (bicyclic) bond motifs is 1. The number of nitrogens with one attached hydrogen (secondary N) is 1. The second-order valence-electron chi connectivity index (χ2n) is 8.34. The number of rotatable bonds is 12. The molecule has 7 nitrogen and oxygen atoms in total. The zero-order chi connectivity index (χ0) is 23.8. The molecule has 0 fully saturated rings. The van der Waals surface area contributed by atoms with Crippen molar-refractivity contribution in [3.05, 3.63) is 65.2 Å². The Labute approximate surface area is 199 Å². The van der Waals surface area contributed by atoms with E-state index in [0.717, 1.165) is 16.6 Å². The van der Waals surface area contributed by atoms with Crippen molar-refractivity contribution >= 4 is 37.3 Å². The quantitative estimate of drug-likeness (QED) is 0.379. The van der Waals surface area contributed by atoms with E-state index < -0.39 is 22.0 Å². The van der Waals surface area contributed by atoms with Gasteiger partial charge in [-0.05, 0) is 51.1 Å². The Bertz CT molecular complexity index is 1110. The van der Waals surface area contributed by atoms with Gasteiger partial charge in [0.15, 0.2) is 9.84 Å². The van der Waals surface area contributed by atoms with E-state index in [9.17, 15) is 18.3 Å². The van der Waals surface area contributed by atoms with Crippen LogP contribution in [0, 0.1) is 0 Å². The Hall–Kier alpha value is -2.33. The molecular formula is C24H31N3O4S2. The molecule has 1 amide bonds. The van der Waals surface area contributed by atoms with Crippen molar-refractivity contribution in [1.29, 1.82) is 0 Å². The Morgan fingerprint density at radius 3 is 2.48 bits per heavy atom. The molecule has 0 saturated heterocycles. The molecule has 1 heterocycles. The van der Waals surface area contributed by atoms with Crippen molar-refractivity contribution in [3.63, 3.8) is 0 Å². The van der Waals surface area contributed by atoms with Crippen molar-refractivity contribution in [2.24, 2.45) is 0 Å². The lowest BCUT2D eigenvalue weighted by Crippen LogP contribution is -2.47. The Morgan fingerprint density at radius 2 is 1.79 bits per heavy atom. The largest absolute Gasteiger partial charge is 0.386 e. The molecule has 2 atom stereocenters. The van der Waals surface area contributed by atoms with Crippen molar-refractivity contribution in [2.75, 3.05) is 26.4 Å². The summed E-state index contributed by atoms with van der Waals surface area (Å²) in [5.41, 5.74) is 1.60. The summed E-state index contributed by atoms with van der Waals surface area (Å²) < 4.78 is 26.3. The van der Waals surface area contributed by atoms with E-state index >= 15 is 0 Å². The van der Waals surface area contributed by atoms with Crippen molar-refractivity contribution < 1.29 is 18.3 Å². The van der Waals surface area contributed by atoms with Gasteiger partial charge in [-0.1, -0.05) is 42.5 Å². The number of amides is 1. The maximum absolute atomic E-state index is 12.7. The van der Waals surface area contributed by atoms with E-state index in [1.165, 1.54) is 11.3 Å². The predicted octanol–water partition coefficient (Wildman–Crippen LogP) is 3.16. The molecule has 2 N–H and O–H groups in total. The van der Waals surface area contributed by atoms with Gasteiger partial charge in [0.05, 0.1) is 21.7 Å². The van der Waals surface area contributed by atoms with E-state index in [1.54, 1.807) is 43.3 Å². The molecule has 1 unspecified atom stereocenters. The molecule has 0 bridgehead atoms. The lowest BCUT2D eigenvalue weighted by molar-refractivity contribution is -0.124. The molecule has 2 aromatic carbocycles. The first-order valence-corrected chi connectivity index (χ1v) is 13.6. The molecule has 0 saturated carbocycles. The van der Waals surface area contributed by atoms with Gasteiger partial charge in [-0.3, -0.25) is 9.69 Å². The number of carbonyl (C=O) groups is 1. The minimum absolute atomic E-state index is 0.0882. The molecule has 0 aliphatic rings. The van der Waals surface area contributed by atoms with Crippen LogP contribution in [0.2, 0.25) is 0 Å². The van der Waals surface area contributed by atoms with E-state index in [1.807, 2.05) is 30.3 Å². The van der Waals surface area contributed by atoms with E-state index in [-0.39, 0.29) is 17.4 Å². The van der Waals surface area contributed by atoms with Crippen LogP contribution < -0.4 is 5.32 Å². The molecule has 3 rings (SSSR count). The number of sulfone groups is 1. The number of aliphatic hydroxyl groups excluding tert-OH is 1. The number of hydrogen-bond acceptors (Lipinski definition) is 7. The number of aliphatic hydroxyl groups is 1. The van der Waals surface area contributed by atoms with Gasteiger partial charge in [-0.25, -0.2) is 13.4 Å². The summed E-state index contributed by atoms with van der Waals surface area (Å²) in [4.78, 5) is 18.8. The van der Waals surface area contributed by atoms with Crippen molar-refractivity contribution in [2.45, 2.75) is 37.2 Å². The number of unbranched alkanes of at least 4 members (excludes halogenated alkanes) is 1. The second kappa shape index (κ2) is 11.7.